The Morgan fingerprint density at radius 3 is 2.48 bits per heavy atom. The first kappa shape index (κ1) is 15.1. The zero-order valence-corrected chi connectivity index (χ0v) is 12.5. The number of rotatable bonds is 3. The van der Waals surface area contributed by atoms with Gasteiger partial charge < -0.3 is 14.8 Å². The molecule has 0 unspecified atom stereocenters. The van der Waals surface area contributed by atoms with E-state index in [4.69, 9.17) is 21.1 Å². The molecule has 0 aliphatic carbocycles. The maximum Gasteiger partial charge on any atom is 0.296 e. The number of nitrogens with one attached hydrogen (secondary N) is 1. The second-order valence-corrected chi connectivity index (χ2v) is 5.11. The number of hydrogen-bond acceptors (Lipinski definition) is 5. The molecule has 0 spiro atoms. The third-order valence-electron chi connectivity index (χ3n) is 3.22. The van der Waals surface area contributed by atoms with Crippen LogP contribution < -0.4 is 14.8 Å². The largest absolute Gasteiger partial charge is 0.486 e. The number of fused-ring (bicyclic) bond motifs is 1. The summed E-state index contributed by atoms with van der Waals surface area (Å²) in [6.45, 7) is 0.651. The third-order valence-corrected chi connectivity index (χ3v) is 3.55. The summed E-state index contributed by atoms with van der Waals surface area (Å²) in [7, 11) is 0. The maximum atomic E-state index is 12.3. The van der Waals surface area contributed by atoms with Crippen LogP contribution in [0.4, 0.5) is 11.4 Å². The Kier molecular flexibility index (Phi) is 4.03. The molecule has 23 heavy (non-hydrogen) atoms. The molecule has 2 aromatic carbocycles. The number of benzene rings is 2. The SMILES string of the molecule is O=C(Nc1cc2c(cc1[N+](=O)[O-])OCCO2)c1ccccc1Cl. The number of nitro benzene ring substituents is 1. The summed E-state index contributed by atoms with van der Waals surface area (Å²) in [5.41, 5.74) is -0.0443. The minimum Gasteiger partial charge on any atom is -0.486 e. The van der Waals surface area contributed by atoms with Gasteiger partial charge in [-0.3, -0.25) is 14.9 Å². The van der Waals surface area contributed by atoms with E-state index in [-0.39, 0.29) is 27.7 Å². The van der Waals surface area contributed by atoms with Crippen molar-refractivity contribution in [2.24, 2.45) is 0 Å². The molecule has 0 fully saturated rings. The van der Waals surface area contributed by atoms with Crippen molar-refractivity contribution in [3.05, 3.63) is 57.1 Å². The fourth-order valence-electron chi connectivity index (χ4n) is 2.16. The Bertz CT molecular complexity index is 793. The van der Waals surface area contributed by atoms with E-state index < -0.39 is 10.8 Å². The van der Waals surface area contributed by atoms with Gasteiger partial charge in [-0.25, -0.2) is 0 Å². The Morgan fingerprint density at radius 2 is 1.83 bits per heavy atom. The van der Waals surface area contributed by atoms with E-state index in [0.29, 0.717) is 19.0 Å². The van der Waals surface area contributed by atoms with Gasteiger partial charge in [-0.05, 0) is 12.1 Å². The fraction of sp³-hybridized carbons (Fsp3) is 0.133. The van der Waals surface area contributed by atoms with Gasteiger partial charge >= 0.3 is 0 Å². The zero-order valence-electron chi connectivity index (χ0n) is 11.7. The summed E-state index contributed by atoms with van der Waals surface area (Å²) < 4.78 is 10.7. The molecule has 0 saturated heterocycles. The van der Waals surface area contributed by atoms with Crippen LogP contribution in [0.25, 0.3) is 0 Å². The number of amides is 1. The minimum absolute atomic E-state index is 0.0177. The molecule has 118 valence electrons. The average Bonchev–Trinajstić information content (AvgIpc) is 2.54. The van der Waals surface area contributed by atoms with Crippen LogP contribution in [0.3, 0.4) is 0 Å². The van der Waals surface area contributed by atoms with E-state index in [1.165, 1.54) is 18.2 Å². The number of carbonyl (C=O) groups excluding carboxylic acids is 1. The van der Waals surface area contributed by atoms with E-state index in [9.17, 15) is 14.9 Å². The van der Waals surface area contributed by atoms with Crippen molar-refractivity contribution in [3.63, 3.8) is 0 Å². The van der Waals surface area contributed by atoms with E-state index in [2.05, 4.69) is 5.32 Å². The zero-order chi connectivity index (χ0) is 16.4. The Morgan fingerprint density at radius 1 is 1.17 bits per heavy atom. The van der Waals surface area contributed by atoms with Crippen molar-refractivity contribution in [1.82, 2.24) is 0 Å². The van der Waals surface area contributed by atoms with Gasteiger partial charge in [0.25, 0.3) is 11.6 Å². The van der Waals surface area contributed by atoms with Crippen LogP contribution in [0.2, 0.25) is 5.02 Å². The molecule has 0 atom stereocenters. The molecule has 8 heteroatoms. The first-order valence-corrected chi connectivity index (χ1v) is 7.08. The van der Waals surface area contributed by atoms with Crippen LogP contribution in [0, 0.1) is 10.1 Å². The smallest absolute Gasteiger partial charge is 0.296 e. The lowest BCUT2D eigenvalue weighted by atomic mass is 10.2. The summed E-state index contributed by atoms with van der Waals surface area (Å²) in [6.07, 6.45) is 0. The van der Waals surface area contributed by atoms with Crippen molar-refractivity contribution in [3.8, 4) is 11.5 Å². The summed E-state index contributed by atoms with van der Waals surface area (Å²) >= 11 is 5.96. The summed E-state index contributed by atoms with van der Waals surface area (Å²) in [5, 5.41) is 14.0. The predicted molar refractivity (Wildman–Crippen MR) is 83.5 cm³/mol. The van der Waals surface area contributed by atoms with Crippen molar-refractivity contribution >= 4 is 28.9 Å². The lowest BCUT2D eigenvalue weighted by Gasteiger charge is -2.19. The maximum absolute atomic E-state index is 12.3. The molecule has 3 rings (SSSR count). The normalized spacial score (nSPS) is 12.6. The van der Waals surface area contributed by atoms with Crippen LogP contribution in [0.5, 0.6) is 11.5 Å². The highest BCUT2D eigenvalue weighted by Crippen LogP contribution is 2.39. The predicted octanol–water partition coefficient (Wildman–Crippen LogP) is 3.27. The highest BCUT2D eigenvalue weighted by Gasteiger charge is 2.24. The molecule has 1 aliphatic rings. The minimum atomic E-state index is -0.597. The van der Waals surface area contributed by atoms with Gasteiger partial charge in [-0.15, -0.1) is 0 Å². The van der Waals surface area contributed by atoms with E-state index in [1.54, 1.807) is 18.2 Å². The highest BCUT2D eigenvalue weighted by atomic mass is 35.5. The number of carbonyl (C=O) groups is 1. The second kappa shape index (κ2) is 6.13. The quantitative estimate of drug-likeness (QED) is 0.687. The van der Waals surface area contributed by atoms with E-state index in [0.717, 1.165) is 0 Å². The van der Waals surface area contributed by atoms with E-state index >= 15 is 0 Å². The average molecular weight is 335 g/mol. The molecule has 1 aliphatic heterocycles. The Hall–Kier alpha value is -2.80. The van der Waals surface area contributed by atoms with Gasteiger partial charge in [0.2, 0.25) is 0 Å². The molecule has 1 heterocycles. The highest BCUT2D eigenvalue weighted by molar-refractivity contribution is 6.34. The monoisotopic (exact) mass is 334 g/mol. The topological polar surface area (TPSA) is 90.7 Å². The Labute approximate surface area is 135 Å². The summed E-state index contributed by atoms with van der Waals surface area (Å²) in [6, 6.07) is 9.04. The summed E-state index contributed by atoms with van der Waals surface area (Å²) in [4.78, 5) is 22.9. The molecule has 1 amide bonds. The first-order chi connectivity index (χ1) is 11.1. The van der Waals surface area contributed by atoms with Crippen LogP contribution in [-0.2, 0) is 0 Å². The van der Waals surface area contributed by atoms with Crippen molar-refractivity contribution in [2.75, 3.05) is 18.5 Å². The van der Waals surface area contributed by atoms with Crippen LogP contribution in [-0.4, -0.2) is 24.0 Å². The van der Waals surface area contributed by atoms with Crippen LogP contribution in [0.15, 0.2) is 36.4 Å². The van der Waals surface area contributed by atoms with Gasteiger partial charge in [-0.1, -0.05) is 23.7 Å². The molecule has 0 saturated carbocycles. The molecule has 0 bridgehead atoms. The standard InChI is InChI=1S/C15H11ClN2O5/c16-10-4-2-1-3-9(10)15(19)17-11-7-13-14(23-6-5-22-13)8-12(11)18(20)21/h1-4,7-8H,5-6H2,(H,17,19). The molecule has 1 N–H and O–H groups in total. The van der Waals surface area contributed by atoms with Gasteiger partial charge in [-0.2, -0.15) is 0 Å². The molecular formula is C15H11ClN2O5. The molecule has 0 radical (unpaired) electrons. The lowest BCUT2D eigenvalue weighted by molar-refractivity contribution is -0.384. The molecule has 2 aromatic rings. The third kappa shape index (κ3) is 3.04. The van der Waals surface area contributed by atoms with Crippen molar-refractivity contribution in [2.45, 2.75) is 0 Å². The number of hydrogen-bond donors (Lipinski definition) is 1. The van der Waals surface area contributed by atoms with Crippen molar-refractivity contribution in [1.29, 1.82) is 0 Å². The van der Waals surface area contributed by atoms with Gasteiger partial charge in [0.15, 0.2) is 11.5 Å². The lowest BCUT2D eigenvalue weighted by Crippen LogP contribution is -2.17. The number of halogens is 1. The van der Waals surface area contributed by atoms with E-state index in [1.807, 2.05) is 0 Å². The van der Waals surface area contributed by atoms with Crippen LogP contribution in [0.1, 0.15) is 10.4 Å². The number of nitrogens with zero attached hydrogens (tertiary/aromatic N) is 1. The van der Waals surface area contributed by atoms with Crippen LogP contribution >= 0.6 is 11.6 Å². The first-order valence-electron chi connectivity index (χ1n) is 6.70. The molecular weight excluding hydrogens is 324 g/mol. The number of ether oxygens (including phenoxy) is 2. The van der Waals surface area contributed by atoms with Crippen molar-refractivity contribution < 1.29 is 19.2 Å². The molecule has 0 aromatic heterocycles. The second-order valence-electron chi connectivity index (χ2n) is 4.70. The molecule has 7 nitrogen and oxygen atoms in total. The summed E-state index contributed by atoms with van der Waals surface area (Å²) in [5.74, 6) is 0.0744. The number of nitro groups is 1. The van der Waals surface area contributed by atoms with Gasteiger partial charge in [0.05, 0.1) is 21.6 Å². The van der Waals surface area contributed by atoms with Gasteiger partial charge in [0, 0.05) is 6.07 Å². The Balaban J connectivity index is 1.97. The number of anilines is 1. The van der Waals surface area contributed by atoms with Gasteiger partial charge in [0.1, 0.15) is 18.9 Å². The fourth-order valence-corrected chi connectivity index (χ4v) is 2.39.